The third-order valence-electron chi connectivity index (χ3n) is 3.64. The molecule has 0 atom stereocenters. The first-order valence-electron chi connectivity index (χ1n) is 7.32. The van der Waals surface area contributed by atoms with Crippen LogP contribution in [0.4, 0.5) is 0 Å². The van der Waals surface area contributed by atoms with Crippen LogP contribution in [0.3, 0.4) is 0 Å². The molecule has 0 aromatic rings. The van der Waals surface area contributed by atoms with Gasteiger partial charge >= 0.3 is 0 Å². The number of likely N-dealkylation sites (N-methyl/N-ethyl adjacent to an activating group) is 1. The van der Waals surface area contributed by atoms with E-state index in [0.29, 0.717) is 12.5 Å². The predicted octanol–water partition coefficient (Wildman–Crippen LogP) is 2.33. The molecule has 1 N–H and O–H groups in total. The number of carbonyl (C=O) groups excluding carboxylic acids is 2. The largest absolute Gasteiger partial charge is 0.347 e. The number of hydrogen-bond acceptors (Lipinski definition) is 2. The Morgan fingerprint density at radius 3 is 2.26 bits per heavy atom. The summed E-state index contributed by atoms with van der Waals surface area (Å²) in [5.74, 6) is -0.0212. The van der Waals surface area contributed by atoms with Gasteiger partial charge in [-0.05, 0) is 18.3 Å². The summed E-state index contributed by atoms with van der Waals surface area (Å²) in [6, 6.07) is 0.362. The van der Waals surface area contributed by atoms with E-state index < -0.39 is 0 Å². The smallest absolute Gasteiger partial charge is 0.241 e. The van der Waals surface area contributed by atoms with E-state index in [0.717, 1.165) is 12.8 Å². The lowest BCUT2D eigenvalue weighted by Gasteiger charge is -2.31. The van der Waals surface area contributed by atoms with Crippen molar-refractivity contribution in [1.29, 1.82) is 0 Å². The number of hydrogen-bond donors (Lipinski definition) is 1. The van der Waals surface area contributed by atoms with Gasteiger partial charge in [0.25, 0.3) is 0 Å². The monoisotopic (exact) mass is 268 g/mol. The van der Waals surface area contributed by atoms with Crippen LogP contribution < -0.4 is 5.32 Å². The Balaban J connectivity index is 2.32. The minimum absolute atomic E-state index is 0.0224. The van der Waals surface area contributed by atoms with Crippen LogP contribution in [0.25, 0.3) is 0 Å². The Bertz CT molecular complexity index is 315. The molecule has 0 saturated heterocycles. The molecule has 1 rings (SSSR count). The summed E-state index contributed by atoms with van der Waals surface area (Å²) in [5.41, 5.74) is -0.0393. The molecular weight excluding hydrogens is 240 g/mol. The SMILES string of the molecule is CN(C(=O)CNC(=O)CC(C)(C)C)C1CCCCC1. The first-order valence-corrected chi connectivity index (χ1v) is 7.32. The van der Waals surface area contributed by atoms with Gasteiger partial charge in [0.1, 0.15) is 0 Å². The van der Waals surface area contributed by atoms with Crippen molar-refractivity contribution < 1.29 is 9.59 Å². The fraction of sp³-hybridized carbons (Fsp3) is 0.867. The van der Waals surface area contributed by atoms with E-state index in [1.807, 2.05) is 32.7 Å². The van der Waals surface area contributed by atoms with Gasteiger partial charge in [-0.2, -0.15) is 0 Å². The van der Waals surface area contributed by atoms with Crippen LogP contribution in [0, 0.1) is 5.41 Å². The van der Waals surface area contributed by atoms with Gasteiger partial charge in [0.15, 0.2) is 0 Å². The predicted molar refractivity (Wildman–Crippen MR) is 76.7 cm³/mol. The van der Waals surface area contributed by atoms with Crippen molar-refractivity contribution in [2.24, 2.45) is 5.41 Å². The Hall–Kier alpha value is -1.06. The van der Waals surface area contributed by atoms with Crippen LogP contribution in [0.15, 0.2) is 0 Å². The number of nitrogens with zero attached hydrogens (tertiary/aromatic N) is 1. The Morgan fingerprint density at radius 2 is 1.74 bits per heavy atom. The Kier molecular flexibility index (Phi) is 5.83. The summed E-state index contributed by atoms with van der Waals surface area (Å²) in [7, 11) is 1.86. The average Bonchev–Trinajstić information content (AvgIpc) is 2.34. The number of nitrogens with one attached hydrogen (secondary N) is 1. The number of rotatable bonds is 4. The summed E-state index contributed by atoms with van der Waals surface area (Å²) in [4.78, 5) is 25.5. The lowest BCUT2D eigenvalue weighted by atomic mass is 9.92. The quantitative estimate of drug-likeness (QED) is 0.850. The zero-order valence-electron chi connectivity index (χ0n) is 12.8. The molecule has 4 nitrogen and oxygen atoms in total. The van der Waals surface area contributed by atoms with Gasteiger partial charge in [-0.25, -0.2) is 0 Å². The van der Waals surface area contributed by atoms with Crippen LogP contribution in [-0.4, -0.2) is 36.3 Å². The molecule has 0 spiro atoms. The van der Waals surface area contributed by atoms with Crippen molar-refractivity contribution >= 4 is 11.8 Å². The van der Waals surface area contributed by atoms with Gasteiger partial charge in [0, 0.05) is 19.5 Å². The fourth-order valence-electron chi connectivity index (χ4n) is 2.52. The molecule has 0 aromatic carbocycles. The van der Waals surface area contributed by atoms with E-state index in [1.54, 1.807) is 0 Å². The van der Waals surface area contributed by atoms with Crippen LogP contribution in [0.1, 0.15) is 59.3 Å². The average molecular weight is 268 g/mol. The minimum Gasteiger partial charge on any atom is -0.347 e. The van der Waals surface area contributed by atoms with Crippen molar-refractivity contribution in [3.05, 3.63) is 0 Å². The highest BCUT2D eigenvalue weighted by molar-refractivity contribution is 5.85. The van der Waals surface area contributed by atoms with E-state index in [4.69, 9.17) is 0 Å². The molecule has 0 heterocycles. The molecule has 0 bridgehead atoms. The van der Waals surface area contributed by atoms with E-state index >= 15 is 0 Å². The second kappa shape index (κ2) is 6.92. The molecule has 2 amide bonds. The highest BCUT2D eigenvalue weighted by Gasteiger charge is 2.22. The molecule has 1 fully saturated rings. The summed E-state index contributed by atoms with van der Waals surface area (Å²) < 4.78 is 0. The second-order valence-electron chi connectivity index (χ2n) is 6.81. The normalized spacial score (nSPS) is 17.1. The maximum Gasteiger partial charge on any atom is 0.241 e. The van der Waals surface area contributed by atoms with E-state index in [9.17, 15) is 9.59 Å². The van der Waals surface area contributed by atoms with Gasteiger partial charge in [-0.1, -0.05) is 40.0 Å². The summed E-state index contributed by atoms with van der Waals surface area (Å²) in [6.07, 6.45) is 6.34. The first kappa shape index (κ1) is 16.0. The number of amides is 2. The van der Waals surface area contributed by atoms with Gasteiger partial charge in [0.2, 0.25) is 11.8 Å². The van der Waals surface area contributed by atoms with Gasteiger partial charge in [-0.3, -0.25) is 9.59 Å². The number of carbonyl (C=O) groups is 2. The highest BCUT2D eigenvalue weighted by atomic mass is 16.2. The highest BCUT2D eigenvalue weighted by Crippen LogP contribution is 2.21. The summed E-state index contributed by atoms with van der Waals surface area (Å²) >= 11 is 0. The molecule has 1 saturated carbocycles. The third-order valence-corrected chi connectivity index (χ3v) is 3.64. The zero-order valence-corrected chi connectivity index (χ0v) is 12.8. The standard InChI is InChI=1S/C15H28N2O2/c1-15(2,3)10-13(18)16-11-14(19)17(4)12-8-6-5-7-9-12/h12H,5-11H2,1-4H3,(H,16,18). The van der Waals surface area contributed by atoms with E-state index in [1.165, 1.54) is 19.3 Å². The van der Waals surface area contributed by atoms with Crippen LogP contribution >= 0.6 is 0 Å². The van der Waals surface area contributed by atoms with Crippen LogP contribution in [0.2, 0.25) is 0 Å². The van der Waals surface area contributed by atoms with E-state index in [2.05, 4.69) is 5.32 Å². The molecule has 19 heavy (non-hydrogen) atoms. The molecular formula is C15H28N2O2. The zero-order chi connectivity index (χ0) is 14.5. The van der Waals surface area contributed by atoms with Crippen molar-refractivity contribution in [1.82, 2.24) is 10.2 Å². The Morgan fingerprint density at radius 1 is 1.16 bits per heavy atom. The van der Waals surface area contributed by atoms with Gasteiger partial charge < -0.3 is 10.2 Å². The first-order chi connectivity index (χ1) is 8.79. The molecule has 1 aliphatic rings. The van der Waals surface area contributed by atoms with Crippen molar-refractivity contribution in [3.63, 3.8) is 0 Å². The van der Waals surface area contributed by atoms with E-state index in [-0.39, 0.29) is 23.8 Å². The maximum atomic E-state index is 12.0. The second-order valence-corrected chi connectivity index (χ2v) is 6.81. The lowest BCUT2D eigenvalue weighted by molar-refractivity contribution is -0.134. The summed E-state index contributed by atoms with van der Waals surface area (Å²) in [6.45, 7) is 6.18. The molecule has 0 aliphatic heterocycles. The lowest BCUT2D eigenvalue weighted by Crippen LogP contribution is -2.44. The fourth-order valence-corrected chi connectivity index (χ4v) is 2.52. The van der Waals surface area contributed by atoms with Crippen LogP contribution in [-0.2, 0) is 9.59 Å². The van der Waals surface area contributed by atoms with Crippen molar-refractivity contribution in [2.45, 2.75) is 65.3 Å². The molecule has 1 aliphatic carbocycles. The molecule has 4 heteroatoms. The van der Waals surface area contributed by atoms with Gasteiger partial charge in [0.05, 0.1) is 6.54 Å². The third kappa shape index (κ3) is 6.08. The molecule has 0 aromatic heterocycles. The van der Waals surface area contributed by atoms with Gasteiger partial charge in [-0.15, -0.1) is 0 Å². The maximum absolute atomic E-state index is 12.0. The Labute approximate surface area is 116 Å². The molecule has 110 valence electrons. The minimum atomic E-state index is -0.0436. The van der Waals surface area contributed by atoms with Crippen molar-refractivity contribution in [3.8, 4) is 0 Å². The molecule has 0 radical (unpaired) electrons. The topological polar surface area (TPSA) is 49.4 Å². The summed E-state index contributed by atoms with van der Waals surface area (Å²) in [5, 5.41) is 2.73. The van der Waals surface area contributed by atoms with Crippen molar-refractivity contribution in [2.75, 3.05) is 13.6 Å². The van der Waals surface area contributed by atoms with Crippen LogP contribution in [0.5, 0.6) is 0 Å². The molecule has 0 unspecified atom stereocenters.